The van der Waals surface area contributed by atoms with Gasteiger partial charge in [0, 0.05) is 32.4 Å². The molecular formula is C21H19ClFN7O4S. The van der Waals surface area contributed by atoms with Gasteiger partial charge >= 0.3 is 0 Å². The highest BCUT2D eigenvalue weighted by Crippen LogP contribution is 2.24. The van der Waals surface area contributed by atoms with Gasteiger partial charge in [-0.25, -0.2) is 22.0 Å². The first-order chi connectivity index (χ1) is 16.7. The molecule has 0 aliphatic carbocycles. The minimum Gasteiger partial charge on any atom is -0.336 e. The number of H-pyrrole nitrogens is 1. The van der Waals surface area contributed by atoms with E-state index in [9.17, 15) is 22.4 Å². The molecule has 0 saturated carbocycles. The van der Waals surface area contributed by atoms with Gasteiger partial charge in [0.25, 0.3) is 11.5 Å². The molecule has 3 aromatic heterocycles. The van der Waals surface area contributed by atoms with Gasteiger partial charge in [0.1, 0.15) is 11.3 Å². The molecule has 14 heteroatoms. The van der Waals surface area contributed by atoms with Gasteiger partial charge in [-0.05, 0) is 37.3 Å². The molecule has 35 heavy (non-hydrogen) atoms. The summed E-state index contributed by atoms with van der Waals surface area (Å²) < 4.78 is 43.3. The topological polar surface area (TPSA) is 126 Å². The van der Waals surface area contributed by atoms with Crippen molar-refractivity contribution in [1.82, 2.24) is 33.6 Å². The summed E-state index contributed by atoms with van der Waals surface area (Å²) in [6.45, 7) is 2.12. The summed E-state index contributed by atoms with van der Waals surface area (Å²) in [5.74, 6) is -0.867. The zero-order valence-electron chi connectivity index (χ0n) is 18.4. The summed E-state index contributed by atoms with van der Waals surface area (Å²) in [5, 5.41) is 8.26. The SMILES string of the molecule is Cc1c(C(=O)N2CCN(S(=O)(=O)c3ccc(F)c(Cl)c3)CC2)cnn1-c1nn2cccc2c(=O)[nH]1. The average molecular weight is 520 g/mol. The number of carbonyl (C=O) groups is 1. The van der Waals surface area contributed by atoms with Crippen LogP contribution in [0.3, 0.4) is 0 Å². The van der Waals surface area contributed by atoms with Crippen molar-refractivity contribution in [2.75, 3.05) is 26.2 Å². The molecule has 1 saturated heterocycles. The molecule has 0 unspecified atom stereocenters. The number of amides is 1. The maximum absolute atomic E-state index is 13.4. The summed E-state index contributed by atoms with van der Waals surface area (Å²) in [6.07, 6.45) is 3.02. The third kappa shape index (κ3) is 4.00. The van der Waals surface area contributed by atoms with Crippen LogP contribution in [-0.4, -0.2) is 74.1 Å². The van der Waals surface area contributed by atoms with E-state index in [1.54, 1.807) is 25.3 Å². The zero-order chi connectivity index (χ0) is 24.9. The molecule has 0 spiro atoms. The highest BCUT2D eigenvalue weighted by atomic mass is 35.5. The monoisotopic (exact) mass is 519 g/mol. The second-order valence-electron chi connectivity index (χ2n) is 7.94. The van der Waals surface area contributed by atoms with Crippen molar-refractivity contribution in [3.8, 4) is 5.95 Å². The van der Waals surface area contributed by atoms with Gasteiger partial charge in [-0.1, -0.05) is 11.6 Å². The number of nitrogens with zero attached hydrogens (tertiary/aromatic N) is 6. The maximum Gasteiger partial charge on any atom is 0.276 e. The molecule has 1 fully saturated rings. The van der Waals surface area contributed by atoms with Crippen LogP contribution < -0.4 is 5.56 Å². The molecule has 1 amide bonds. The van der Waals surface area contributed by atoms with Crippen molar-refractivity contribution in [3.63, 3.8) is 0 Å². The van der Waals surface area contributed by atoms with Crippen LogP contribution in [-0.2, 0) is 10.0 Å². The Bertz CT molecular complexity index is 1620. The molecule has 4 aromatic rings. The number of aromatic amines is 1. The van der Waals surface area contributed by atoms with Crippen LogP contribution in [0.15, 0.2) is 52.4 Å². The number of carbonyl (C=O) groups excluding carboxylic acids is 1. The van der Waals surface area contributed by atoms with E-state index >= 15 is 0 Å². The van der Waals surface area contributed by atoms with Crippen LogP contribution >= 0.6 is 11.6 Å². The first-order valence-corrected chi connectivity index (χ1v) is 12.4. The maximum atomic E-state index is 13.4. The second-order valence-corrected chi connectivity index (χ2v) is 10.3. The Labute approximate surface area is 203 Å². The molecule has 11 nitrogen and oxygen atoms in total. The third-order valence-corrected chi connectivity index (χ3v) is 8.07. The fraction of sp³-hybridized carbons (Fsp3) is 0.238. The van der Waals surface area contributed by atoms with Crippen LogP contribution in [0.4, 0.5) is 4.39 Å². The van der Waals surface area contributed by atoms with Crippen molar-refractivity contribution in [2.24, 2.45) is 0 Å². The first-order valence-electron chi connectivity index (χ1n) is 10.5. The Hall–Kier alpha value is -3.55. The van der Waals surface area contributed by atoms with E-state index in [1.807, 2.05) is 0 Å². The lowest BCUT2D eigenvalue weighted by Gasteiger charge is -2.34. The Morgan fingerprint density at radius 1 is 1.17 bits per heavy atom. The Balaban J connectivity index is 1.33. The summed E-state index contributed by atoms with van der Waals surface area (Å²) >= 11 is 5.74. The van der Waals surface area contributed by atoms with E-state index in [-0.39, 0.29) is 53.5 Å². The van der Waals surface area contributed by atoms with Gasteiger partial charge < -0.3 is 4.90 Å². The summed E-state index contributed by atoms with van der Waals surface area (Å²) in [7, 11) is -3.89. The smallest absolute Gasteiger partial charge is 0.276 e. The number of hydrogen-bond acceptors (Lipinski definition) is 6. The van der Waals surface area contributed by atoms with Gasteiger partial charge in [0.15, 0.2) is 0 Å². The molecule has 5 rings (SSSR count). The predicted octanol–water partition coefficient (Wildman–Crippen LogP) is 1.46. The molecule has 0 atom stereocenters. The van der Waals surface area contributed by atoms with Crippen LogP contribution in [0.2, 0.25) is 5.02 Å². The fourth-order valence-corrected chi connectivity index (χ4v) is 5.64. The highest BCUT2D eigenvalue weighted by Gasteiger charge is 2.32. The number of piperazine rings is 1. The minimum atomic E-state index is -3.89. The molecule has 0 radical (unpaired) electrons. The second kappa shape index (κ2) is 8.59. The predicted molar refractivity (Wildman–Crippen MR) is 124 cm³/mol. The molecule has 1 aliphatic heterocycles. The molecular weight excluding hydrogens is 501 g/mol. The fourth-order valence-electron chi connectivity index (χ4n) is 3.95. The van der Waals surface area contributed by atoms with Gasteiger partial charge in [-0.15, -0.1) is 5.10 Å². The lowest BCUT2D eigenvalue weighted by atomic mass is 10.2. The summed E-state index contributed by atoms with van der Waals surface area (Å²) in [6, 6.07) is 6.56. The molecule has 182 valence electrons. The number of benzene rings is 1. The lowest BCUT2D eigenvalue weighted by Crippen LogP contribution is -2.50. The number of sulfonamides is 1. The summed E-state index contributed by atoms with van der Waals surface area (Å²) in [4.78, 5) is 29.5. The van der Waals surface area contributed by atoms with E-state index in [0.29, 0.717) is 16.8 Å². The first kappa shape index (κ1) is 23.2. The number of nitrogens with one attached hydrogen (secondary N) is 1. The molecule has 1 N–H and O–H groups in total. The van der Waals surface area contributed by atoms with Crippen LogP contribution in [0.25, 0.3) is 11.5 Å². The highest BCUT2D eigenvalue weighted by molar-refractivity contribution is 7.89. The van der Waals surface area contributed by atoms with Gasteiger partial charge in [0.2, 0.25) is 16.0 Å². The average Bonchev–Trinajstić information content (AvgIpc) is 3.47. The minimum absolute atomic E-state index is 0.0649. The number of halogens is 2. The van der Waals surface area contributed by atoms with E-state index in [4.69, 9.17) is 11.6 Å². The van der Waals surface area contributed by atoms with Crippen molar-refractivity contribution in [2.45, 2.75) is 11.8 Å². The van der Waals surface area contributed by atoms with Crippen LogP contribution in [0.1, 0.15) is 16.1 Å². The molecule has 1 aliphatic rings. The molecule has 1 aromatic carbocycles. The van der Waals surface area contributed by atoms with Crippen molar-refractivity contribution >= 4 is 33.0 Å². The number of aromatic nitrogens is 5. The van der Waals surface area contributed by atoms with Crippen molar-refractivity contribution in [3.05, 3.63) is 75.2 Å². The quantitative estimate of drug-likeness (QED) is 0.435. The van der Waals surface area contributed by atoms with Crippen molar-refractivity contribution in [1.29, 1.82) is 0 Å². The van der Waals surface area contributed by atoms with Crippen LogP contribution in [0.5, 0.6) is 0 Å². The van der Waals surface area contributed by atoms with E-state index < -0.39 is 15.8 Å². The van der Waals surface area contributed by atoms with Crippen molar-refractivity contribution < 1.29 is 17.6 Å². The lowest BCUT2D eigenvalue weighted by molar-refractivity contribution is 0.0697. The zero-order valence-corrected chi connectivity index (χ0v) is 19.9. The standard InChI is InChI=1S/C21H19ClFN7O4S/c1-13-15(12-24-30(13)21-25-19(31)18-3-2-6-29(18)26-21)20(32)27-7-9-28(10-8-27)35(33,34)14-4-5-17(23)16(22)11-14/h2-6,11-12H,7-10H2,1H3,(H,25,26,31). The number of hydrogen-bond donors (Lipinski definition) is 1. The third-order valence-electron chi connectivity index (χ3n) is 5.88. The van der Waals surface area contributed by atoms with Crippen LogP contribution in [0, 0.1) is 12.7 Å². The normalized spacial score (nSPS) is 15.1. The van der Waals surface area contributed by atoms with Gasteiger partial charge in [0.05, 0.1) is 27.4 Å². The van der Waals surface area contributed by atoms with E-state index in [2.05, 4.69) is 15.2 Å². The number of fused-ring (bicyclic) bond motifs is 1. The molecule has 0 bridgehead atoms. The summed E-state index contributed by atoms with van der Waals surface area (Å²) in [5.41, 5.74) is 0.815. The van der Waals surface area contributed by atoms with E-state index in [0.717, 1.165) is 18.2 Å². The Kier molecular flexibility index (Phi) is 5.69. The Morgan fingerprint density at radius 2 is 1.91 bits per heavy atom. The Morgan fingerprint density at radius 3 is 2.63 bits per heavy atom. The molecule has 4 heterocycles. The van der Waals surface area contributed by atoms with Gasteiger partial charge in [-0.2, -0.15) is 9.40 Å². The van der Waals surface area contributed by atoms with Gasteiger partial charge in [-0.3, -0.25) is 14.6 Å². The van der Waals surface area contributed by atoms with E-state index in [1.165, 1.54) is 24.6 Å². The largest absolute Gasteiger partial charge is 0.336 e. The number of rotatable bonds is 4.